The highest BCUT2D eigenvalue weighted by atomic mass is 32.1. The lowest BCUT2D eigenvalue weighted by Crippen LogP contribution is -2.43. The largest absolute Gasteiger partial charge is 0.466 e. The fourth-order valence-corrected chi connectivity index (χ4v) is 3.86. The van der Waals surface area contributed by atoms with Crippen LogP contribution < -0.4 is 0 Å². The lowest BCUT2D eigenvalue weighted by molar-refractivity contribution is -0.151. The number of carbonyl (C=O) groups is 2. The first-order chi connectivity index (χ1) is 12.6. The minimum atomic E-state index is -0.290. The number of benzene rings is 1. The molecule has 1 aromatic heterocycles. The van der Waals surface area contributed by atoms with Crippen molar-refractivity contribution < 1.29 is 18.7 Å². The van der Waals surface area contributed by atoms with Crippen molar-refractivity contribution in [1.29, 1.82) is 0 Å². The Morgan fingerprint density at radius 3 is 2.85 bits per heavy atom. The van der Waals surface area contributed by atoms with Gasteiger partial charge in [-0.2, -0.15) is 0 Å². The SMILES string of the molecule is CCOC(=O)C1CCCN(C(=O)Cc2csc(-c3ccc(F)cc3)n2)C1. The van der Waals surface area contributed by atoms with E-state index in [1.54, 1.807) is 24.0 Å². The minimum absolute atomic E-state index is 0.0324. The van der Waals surface area contributed by atoms with Crippen LogP contribution in [0.25, 0.3) is 10.6 Å². The van der Waals surface area contributed by atoms with Gasteiger partial charge in [0, 0.05) is 24.0 Å². The van der Waals surface area contributed by atoms with Crippen LogP contribution in [0.15, 0.2) is 29.6 Å². The number of likely N-dealkylation sites (tertiary alicyclic amines) is 1. The zero-order valence-corrected chi connectivity index (χ0v) is 15.4. The van der Waals surface area contributed by atoms with Crippen molar-refractivity contribution in [3.63, 3.8) is 0 Å². The third kappa shape index (κ3) is 4.46. The Kier molecular flexibility index (Phi) is 5.98. The van der Waals surface area contributed by atoms with Gasteiger partial charge in [0.25, 0.3) is 0 Å². The van der Waals surface area contributed by atoms with Crippen molar-refractivity contribution in [2.24, 2.45) is 5.92 Å². The number of thiazole rings is 1. The molecule has 1 saturated heterocycles. The zero-order chi connectivity index (χ0) is 18.5. The standard InChI is InChI=1S/C19H21FN2O3S/c1-2-25-19(24)14-4-3-9-22(11-14)17(23)10-16-12-26-18(21-16)13-5-7-15(20)8-6-13/h5-8,12,14H,2-4,9-11H2,1H3. The van der Waals surface area contributed by atoms with Gasteiger partial charge >= 0.3 is 5.97 Å². The number of aromatic nitrogens is 1. The number of halogens is 1. The summed E-state index contributed by atoms with van der Waals surface area (Å²) in [5.41, 5.74) is 1.52. The normalized spacial score (nSPS) is 17.2. The molecule has 0 radical (unpaired) electrons. The van der Waals surface area contributed by atoms with Gasteiger partial charge in [-0.1, -0.05) is 0 Å². The van der Waals surface area contributed by atoms with Gasteiger partial charge in [0.2, 0.25) is 5.91 Å². The van der Waals surface area contributed by atoms with Crippen LogP contribution in [0, 0.1) is 11.7 Å². The molecule has 1 aliphatic rings. The number of carbonyl (C=O) groups excluding carboxylic acids is 2. The van der Waals surface area contributed by atoms with Gasteiger partial charge in [0.05, 0.1) is 24.6 Å². The zero-order valence-electron chi connectivity index (χ0n) is 14.6. The molecular weight excluding hydrogens is 355 g/mol. The number of piperidine rings is 1. The number of rotatable bonds is 5. The Hall–Kier alpha value is -2.28. The first kappa shape index (κ1) is 18.5. The maximum absolute atomic E-state index is 13.0. The molecule has 3 rings (SSSR count). The predicted molar refractivity (Wildman–Crippen MR) is 97.1 cm³/mol. The van der Waals surface area contributed by atoms with Crippen LogP contribution in [0.3, 0.4) is 0 Å². The highest BCUT2D eigenvalue weighted by Crippen LogP contribution is 2.25. The summed E-state index contributed by atoms with van der Waals surface area (Å²) in [6.45, 7) is 3.20. The Balaban J connectivity index is 1.61. The lowest BCUT2D eigenvalue weighted by atomic mass is 9.98. The summed E-state index contributed by atoms with van der Waals surface area (Å²) in [5.74, 6) is -0.785. The minimum Gasteiger partial charge on any atom is -0.466 e. The van der Waals surface area contributed by atoms with Crippen LogP contribution in [0.4, 0.5) is 4.39 Å². The molecule has 1 unspecified atom stereocenters. The van der Waals surface area contributed by atoms with Gasteiger partial charge in [0.15, 0.2) is 0 Å². The van der Waals surface area contributed by atoms with Crippen LogP contribution in [-0.2, 0) is 20.7 Å². The lowest BCUT2D eigenvalue weighted by Gasteiger charge is -2.31. The van der Waals surface area contributed by atoms with E-state index in [1.807, 2.05) is 5.38 Å². The van der Waals surface area contributed by atoms with E-state index < -0.39 is 0 Å². The molecule has 26 heavy (non-hydrogen) atoms. The van der Waals surface area contributed by atoms with E-state index in [1.165, 1.54) is 23.5 Å². The topological polar surface area (TPSA) is 59.5 Å². The fraction of sp³-hybridized carbons (Fsp3) is 0.421. The number of nitrogens with zero attached hydrogens (tertiary/aromatic N) is 2. The van der Waals surface area contributed by atoms with E-state index in [0.717, 1.165) is 23.4 Å². The molecule has 1 aliphatic heterocycles. The maximum atomic E-state index is 13.0. The molecular formula is C19H21FN2O3S. The molecule has 0 spiro atoms. The molecule has 1 aromatic carbocycles. The molecule has 5 nitrogen and oxygen atoms in total. The van der Waals surface area contributed by atoms with Crippen LogP contribution in [0.2, 0.25) is 0 Å². The van der Waals surface area contributed by atoms with Crippen LogP contribution >= 0.6 is 11.3 Å². The summed E-state index contributed by atoms with van der Waals surface area (Å²) < 4.78 is 18.1. The molecule has 1 atom stereocenters. The number of amides is 1. The van der Waals surface area contributed by atoms with E-state index >= 15 is 0 Å². The van der Waals surface area contributed by atoms with E-state index in [0.29, 0.717) is 25.4 Å². The second-order valence-corrected chi connectivity index (χ2v) is 7.12. The van der Waals surface area contributed by atoms with Crippen LogP contribution in [0.5, 0.6) is 0 Å². The molecule has 0 bridgehead atoms. The molecule has 2 heterocycles. The summed E-state index contributed by atoms with van der Waals surface area (Å²) >= 11 is 1.43. The Labute approximate surface area is 155 Å². The highest BCUT2D eigenvalue weighted by molar-refractivity contribution is 7.13. The molecule has 0 aliphatic carbocycles. The van der Waals surface area contributed by atoms with Crippen molar-refractivity contribution in [3.05, 3.63) is 41.2 Å². The fourth-order valence-electron chi connectivity index (χ4n) is 3.04. The molecule has 0 N–H and O–H groups in total. The third-order valence-corrected chi connectivity index (χ3v) is 5.31. The Bertz CT molecular complexity index is 775. The van der Waals surface area contributed by atoms with Crippen LogP contribution in [0.1, 0.15) is 25.5 Å². The van der Waals surface area contributed by atoms with Gasteiger partial charge in [-0.25, -0.2) is 9.37 Å². The monoisotopic (exact) mass is 376 g/mol. The Morgan fingerprint density at radius 1 is 1.35 bits per heavy atom. The van der Waals surface area contributed by atoms with Crippen molar-refractivity contribution >= 4 is 23.2 Å². The number of esters is 1. The smallest absolute Gasteiger partial charge is 0.310 e. The molecule has 138 valence electrons. The molecule has 1 fully saturated rings. The highest BCUT2D eigenvalue weighted by Gasteiger charge is 2.29. The van der Waals surface area contributed by atoms with Crippen molar-refractivity contribution in [2.75, 3.05) is 19.7 Å². The molecule has 1 amide bonds. The van der Waals surface area contributed by atoms with E-state index in [9.17, 15) is 14.0 Å². The maximum Gasteiger partial charge on any atom is 0.310 e. The van der Waals surface area contributed by atoms with E-state index in [-0.39, 0.29) is 30.0 Å². The quantitative estimate of drug-likeness (QED) is 0.752. The number of ether oxygens (including phenoxy) is 1. The number of hydrogen-bond acceptors (Lipinski definition) is 5. The summed E-state index contributed by atoms with van der Waals surface area (Å²) in [6.07, 6.45) is 1.76. The second kappa shape index (κ2) is 8.40. The summed E-state index contributed by atoms with van der Waals surface area (Å²) in [7, 11) is 0. The average Bonchev–Trinajstić information content (AvgIpc) is 3.11. The molecule has 7 heteroatoms. The van der Waals surface area contributed by atoms with Gasteiger partial charge in [-0.05, 0) is 44.0 Å². The number of hydrogen-bond donors (Lipinski definition) is 0. The average molecular weight is 376 g/mol. The first-order valence-electron chi connectivity index (χ1n) is 8.71. The van der Waals surface area contributed by atoms with Gasteiger partial charge < -0.3 is 9.64 Å². The summed E-state index contributed by atoms with van der Waals surface area (Å²) in [4.78, 5) is 30.7. The summed E-state index contributed by atoms with van der Waals surface area (Å²) in [5, 5.41) is 2.61. The molecule has 0 saturated carbocycles. The Morgan fingerprint density at radius 2 is 2.12 bits per heavy atom. The van der Waals surface area contributed by atoms with Crippen molar-refractivity contribution in [2.45, 2.75) is 26.2 Å². The van der Waals surface area contributed by atoms with Crippen LogP contribution in [-0.4, -0.2) is 41.5 Å². The van der Waals surface area contributed by atoms with E-state index in [2.05, 4.69) is 4.98 Å². The van der Waals surface area contributed by atoms with Crippen molar-refractivity contribution in [1.82, 2.24) is 9.88 Å². The second-order valence-electron chi connectivity index (χ2n) is 6.26. The van der Waals surface area contributed by atoms with Crippen molar-refractivity contribution in [3.8, 4) is 10.6 Å². The first-order valence-corrected chi connectivity index (χ1v) is 9.59. The van der Waals surface area contributed by atoms with Gasteiger partial charge in [-0.3, -0.25) is 9.59 Å². The third-order valence-electron chi connectivity index (χ3n) is 4.37. The summed E-state index contributed by atoms with van der Waals surface area (Å²) in [6, 6.07) is 6.14. The van der Waals surface area contributed by atoms with Gasteiger partial charge in [0.1, 0.15) is 10.8 Å². The predicted octanol–water partition coefficient (Wildman–Crippen LogP) is 3.29. The van der Waals surface area contributed by atoms with E-state index in [4.69, 9.17) is 4.74 Å². The van der Waals surface area contributed by atoms with Gasteiger partial charge in [-0.15, -0.1) is 11.3 Å². The molecule has 2 aromatic rings.